The minimum atomic E-state index is 0.263. The number of nitrogens with zero attached hydrogens (tertiary/aromatic N) is 3. The van der Waals surface area contributed by atoms with E-state index in [4.69, 9.17) is 0 Å². The maximum Gasteiger partial charge on any atom is 0.185 e. The standard InChI is InChI=1S/C19H19N3OS/c1-14(2)18-19(24-16-6-4-3-5-7-16)21-17(13-23)22(18)12-15-8-10-20-11-9-15/h3-11,13-14H,12H2,1-2H3. The van der Waals surface area contributed by atoms with Crippen LogP contribution in [0.3, 0.4) is 0 Å². The van der Waals surface area contributed by atoms with Crippen LogP contribution in [0.4, 0.5) is 0 Å². The van der Waals surface area contributed by atoms with E-state index in [-0.39, 0.29) is 5.92 Å². The summed E-state index contributed by atoms with van der Waals surface area (Å²) in [5, 5.41) is 0.896. The first-order valence-electron chi connectivity index (χ1n) is 7.86. The van der Waals surface area contributed by atoms with Crippen molar-refractivity contribution in [2.24, 2.45) is 0 Å². The van der Waals surface area contributed by atoms with Crippen molar-refractivity contribution in [2.75, 3.05) is 0 Å². The molecule has 24 heavy (non-hydrogen) atoms. The molecule has 0 saturated heterocycles. The van der Waals surface area contributed by atoms with Gasteiger partial charge >= 0.3 is 0 Å². The molecule has 3 rings (SSSR count). The van der Waals surface area contributed by atoms with E-state index in [0.29, 0.717) is 12.4 Å². The number of carbonyl (C=O) groups excluding carboxylic acids is 1. The highest BCUT2D eigenvalue weighted by Gasteiger charge is 2.20. The van der Waals surface area contributed by atoms with E-state index in [2.05, 4.69) is 35.9 Å². The lowest BCUT2D eigenvalue weighted by Crippen LogP contribution is -2.09. The molecule has 3 aromatic rings. The van der Waals surface area contributed by atoms with E-state index < -0.39 is 0 Å². The Bertz CT molecular complexity index is 813. The Balaban J connectivity index is 2.02. The van der Waals surface area contributed by atoms with E-state index in [1.807, 2.05) is 34.9 Å². The summed E-state index contributed by atoms with van der Waals surface area (Å²) < 4.78 is 2.01. The number of pyridine rings is 1. The van der Waals surface area contributed by atoms with Gasteiger partial charge in [-0.25, -0.2) is 4.98 Å². The molecule has 0 aliphatic heterocycles. The van der Waals surface area contributed by atoms with Crippen LogP contribution >= 0.6 is 11.8 Å². The second-order valence-corrected chi connectivity index (χ2v) is 6.85. The third-order valence-corrected chi connectivity index (χ3v) is 4.70. The van der Waals surface area contributed by atoms with Crippen LogP contribution in [-0.2, 0) is 6.54 Å². The number of imidazole rings is 1. The predicted molar refractivity (Wildman–Crippen MR) is 95.6 cm³/mol. The number of hydrogen-bond acceptors (Lipinski definition) is 4. The highest BCUT2D eigenvalue weighted by molar-refractivity contribution is 7.99. The van der Waals surface area contributed by atoms with Crippen LogP contribution in [0.1, 0.15) is 41.6 Å². The molecule has 0 aliphatic carbocycles. The van der Waals surface area contributed by atoms with Crippen molar-refractivity contribution in [1.29, 1.82) is 0 Å². The van der Waals surface area contributed by atoms with Gasteiger partial charge in [0.05, 0.1) is 5.69 Å². The van der Waals surface area contributed by atoms with Gasteiger partial charge in [-0.15, -0.1) is 0 Å². The number of aldehydes is 1. The topological polar surface area (TPSA) is 47.8 Å². The van der Waals surface area contributed by atoms with Crippen LogP contribution in [0, 0.1) is 0 Å². The zero-order valence-corrected chi connectivity index (χ0v) is 14.5. The molecule has 0 amide bonds. The fourth-order valence-electron chi connectivity index (χ4n) is 2.62. The Morgan fingerprint density at radius 3 is 2.46 bits per heavy atom. The summed E-state index contributed by atoms with van der Waals surface area (Å²) in [4.78, 5) is 21.3. The summed E-state index contributed by atoms with van der Waals surface area (Å²) in [7, 11) is 0. The van der Waals surface area contributed by atoms with Crippen molar-refractivity contribution in [1.82, 2.24) is 14.5 Å². The van der Waals surface area contributed by atoms with Crippen molar-refractivity contribution in [2.45, 2.75) is 36.2 Å². The highest BCUT2D eigenvalue weighted by atomic mass is 32.2. The van der Waals surface area contributed by atoms with Crippen LogP contribution in [0.2, 0.25) is 0 Å². The second-order valence-electron chi connectivity index (χ2n) is 5.79. The zero-order valence-electron chi connectivity index (χ0n) is 13.7. The molecule has 0 spiro atoms. The summed E-state index contributed by atoms with van der Waals surface area (Å²) in [5.41, 5.74) is 2.19. The summed E-state index contributed by atoms with van der Waals surface area (Å²) in [6, 6.07) is 14.0. The van der Waals surface area contributed by atoms with Crippen LogP contribution < -0.4 is 0 Å². The fraction of sp³-hybridized carbons (Fsp3) is 0.211. The quantitative estimate of drug-likeness (QED) is 0.625. The van der Waals surface area contributed by atoms with Crippen molar-refractivity contribution in [3.8, 4) is 0 Å². The molecule has 5 heteroatoms. The van der Waals surface area contributed by atoms with Gasteiger partial charge in [0.2, 0.25) is 0 Å². The van der Waals surface area contributed by atoms with E-state index in [9.17, 15) is 4.79 Å². The second kappa shape index (κ2) is 7.45. The normalized spacial score (nSPS) is 11.0. The van der Waals surface area contributed by atoms with E-state index >= 15 is 0 Å². The molecule has 0 fully saturated rings. The fourth-order valence-corrected chi connectivity index (χ4v) is 3.73. The molecule has 0 bridgehead atoms. The Hall–Kier alpha value is -2.40. The van der Waals surface area contributed by atoms with Gasteiger partial charge in [0.25, 0.3) is 0 Å². The molecule has 2 aromatic heterocycles. The number of aromatic nitrogens is 3. The summed E-state index contributed by atoms with van der Waals surface area (Å²) in [6.45, 7) is 4.87. The Kier molecular flexibility index (Phi) is 5.11. The molecule has 0 saturated carbocycles. The molecule has 0 N–H and O–H groups in total. The lowest BCUT2D eigenvalue weighted by molar-refractivity contribution is 0.111. The van der Waals surface area contributed by atoms with Gasteiger partial charge in [-0.05, 0) is 35.7 Å². The van der Waals surface area contributed by atoms with Crippen LogP contribution in [0.5, 0.6) is 0 Å². The monoisotopic (exact) mass is 337 g/mol. The average Bonchev–Trinajstić information content (AvgIpc) is 2.94. The zero-order chi connectivity index (χ0) is 16.9. The van der Waals surface area contributed by atoms with E-state index in [1.54, 1.807) is 24.2 Å². The molecule has 0 atom stereocenters. The summed E-state index contributed by atoms with van der Waals surface area (Å²) >= 11 is 1.60. The first kappa shape index (κ1) is 16.5. The molecular formula is C19H19N3OS. The van der Waals surface area contributed by atoms with E-state index in [1.165, 1.54) is 0 Å². The lowest BCUT2D eigenvalue weighted by Gasteiger charge is -2.14. The van der Waals surface area contributed by atoms with Crippen molar-refractivity contribution in [3.05, 3.63) is 71.9 Å². The number of benzene rings is 1. The number of rotatable bonds is 6. The SMILES string of the molecule is CC(C)c1c(Sc2ccccc2)nc(C=O)n1Cc1ccncc1. The van der Waals surface area contributed by atoms with Crippen LogP contribution in [0.15, 0.2) is 64.8 Å². The first-order chi connectivity index (χ1) is 11.7. The predicted octanol–water partition coefficient (Wildman–Crippen LogP) is 4.41. The highest BCUT2D eigenvalue weighted by Crippen LogP contribution is 2.34. The van der Waals surface area contributed by atoms with Gasteiger partial charge in [-0.1, -0.05) is 43.8 Å². The molecule has 2 heterocycles. The Morgan fingerprint density at radius 1 is 1.12 bits per heavy atom. The molecule has 4 nitrogen and oxygen atoms in total. The van der Waals surface area contributed by atoms with Gasteiger partial charge < -0.3 is 4.57 Å². The Labute approximate surface area is 146 Å². The molecule has 0 radical (unpaired) electrons. The molecule has 122 valence electrons. The molecular weight excluding hydrogens is 318 g/mol. The van der Waals surface area contributed by atoms with Crippen molar-refractivity contribution in [3.63, 3.8) is 0 Å². The van der Waals surface area contributed by atoms with Gasteiger partial charge in [-0.3, -0.25) is 9.78 Å². The third kappa shape index (κ3) is 3.57. The smallest absolute Gasteiger partial charge is 0.185 e. The third-order valence-electron chi connectivity index (χ3n) is 3.70. The van der Waals surface area contributed by atoms with Gasteiger partial charge in [0, 0.05) is 23.8 Å². The maximum atomic E-state index is 11.6. The van der Waals surface area contributed by atoms with Crippen LogP contribution in [-0.4, -0.2) is 20.8 Å². The summed E-state index contributed by atoms with van der Waals surface area (Å²) in [5.74, 6) is 0.730. The minimum Gasteiger partial charge on any atom is -0.320 e. The number of hydrogen-bond donors (Lipinski definition) is 0. The first-order valence-corrected chi connectivity index (χ1v) is 8.68. The molecule has 0 aliphatic rings. The molecule has 1 aromatic carbocycles. The molecule has 0 unspecified atom stereocenters. The lowest BCUT2D eigenvalue weighted by atomic mass is 10.1. The van der Waals surface area contributed by atoms with Crippen LogP contribution in [0.25, 0.3) is 0 Å². The number of carbonyl (C=O) groups is 1. The Morgan fingerprint density at radius 2 is 1.83 bits per heavy atom. The van der Waals surface area contributed by atoms with Crippen molar-refractivity contribution < 1.29 is 4.79 Å². The van der Waals surface area contributed by atoms with Crippen molar-refractivity contribution >= 4 is 18.0 Å². The van der Waals surface area contributed by atoms with Gasteiger partial charge in [0.15, 0.2) is 12.1 Å². The van der Waals surface area contributed by atoms with Gasteiger partial charge in [0.1, 0.15) is 5.03 Å². The summed E-state index contributed by atoms with van der Waals surface area (Å²) in [6.07, 6.45) is 4.37. The minimum absolute atomic E-state index is 0.263. The maximum absolute atomic E-state index is 11.6. The van der Waals surface area contributed by atoms with Gasteiger partial charge in [-0.2, -0.15) is 0 Å². The average molecular weight is 337 g/mol. The largest absolute Gasteiger partial charge is 0.320 e. The van der Waals surface area contributed by atoms with E-state index in [0.717, 1.165) is 27.5 Å².